The summed E-state index contributed by atoms with van der Waals surface area (Å²) in [6.45, 7) is 2.06. The lowest BCUT2D eigenvalue weighted by molar-refractivity contribution is 0.0521. The van der Waals surface area contributed by atoms with Crippen LogP contribution >= 0.6 is 11.3 Å². The van der Waals surface area contributed by atoms with Crippen molar-refractivity contribution in [2.24, 2.45) is 0 Å². The fraction of sp³-hybridized carbons (Fsp3) is 0.333. The van der Waals surface area contributed by atoms with Gasteiger partial charge >= 0.3 is 5.97 Å². The molecule has 0 aliphatic rings. The molecule has 59 valence electrons. The summed E-state index contributed by atoms with van der Waals surface area (Å²) in [5.74, 6) is -0.484. The number of ether oxygens (including phenoxy) is 1. The van der Waals surface area contributed by atoms with E-state index in [0.29, 0.717) is 11.6 Å². The van der Waals surface area contributed by atoms with Crippen LogP contribution in [-0.4, -0.2) is 17.6 Å². The number of carbonyl (C=O) groups excluding carboxylic acids is 1. The van der Waals surface area contributed by atoms with Gasteiger partial charge in [-0.25, -0.2) is 9.78 Å². The molecular weight excluding hydrogens is 164 g/mol. The minimum atomic E-state index is -0.484. The van der Waals surface area contributed by atoms with Crippen molar-refractivity contribution < 1.29 is 9.53 Å². The second kappa shape index (κ2) is 3.34. The maximum Gasteiger partial charge on any atom is 0.360 e. The van der Waals surface area contributed by atoms with Gasteiger partial charge in [0.1, 0.15) is 5.00 Å². The van der Waals surface area contributed by atoms with E-state index in [9.17, 15) is 4.79 Å². The van der Waals surface area contributed by atoms with E-state index >= 15 is 0 Å². The van der Waals surface area contributed by atoms with Gasteiger partial charge in [-0.05, 0) is 6.92 Å². The highest BCUT2D eigenvalue weighted by molar-refractivity contribution is 7.13. The van der Waals surface area contributed by atoms with Crippen LogP contribution in [0.1, 0.15) is 17.4 Å². The summed E-state index contributed by atoms with van der Waals surface area (Å²) in [5.41, 5.74) is 8.06. The second-order valence-corrected chi connectivity index (χ2v) is 2.57. The lowest BCUT2D eigenvalue weighted by Gasteiger charge is -1.97. The summed E-state index contributed by atoms with van der Waals surface area (Å²) in [6.07, 6.45) is 0. The quantitative estimate of drug-likeness (QED) is 0.665. The second-order valence-electron chi connectivity index (χ2n) is 1.74. The molecule has 1 heterocycles. The summed E-state index contributed by atoms with van der Waals surface area (Å²) in [7, 11) is 0. The van der Waals surface area contributed by atoms with Crippen molar-refractivity contribution in [1.82, 2.24) is 4.98 Å². The third-order valence-electron chi connectivity index (χ3n) is 1.02. The van der Waals surface area contributed by atoms with E-state index < -0.39 is 5.97 Å². The molecular formula is C6H7N2O2S. The van der Waals surface area contributed by atoms with Crippen molar-refractivity contribution in [2.45, 2.75) is 6.92 Å². The van der Waals surface area contributed by atoms with E-state index in [0.717, 1.165) is 11.3 Å². The monoisotopic (exact) mass is 171 g/mol. The summed E-state index contributed by atoms with van der Waals surface area (Å²) in [4.78, 5) is 14.6. The van der Waals surface area contributed by atoms with Gasteiger partial charge in [0, 0.05) is 0 Å². The molecule has 0 aromatic carbocycles. The molecule has 5 heteroatoms. The van der Waals surface area contributed by atoms with Crippen LogP contribution in [-0.2, 0) is 4.74 Å². The summed E-state index contributed by atoms with van der Waals surface area (Å²) in [5, 5.41) is 0.350. The highest BCUT2D eigenvalue weighted by Crippen LogP contribution is 2.15. The third kappa shape index (κ3) is 1.68. The maximum absolute atomic E-state index is 10.9. The van der Waals surface area contributed by atoms with Crippen molar-refractivity contribution in [3.8, 4) is 0 Å². The molecule has 0 amide bonds. The zero-order chi connectivity index (χ0) is 8.27. The Morgan fingerprint density at radius 1 is 1.91 bits per heavy atom. The molecule has 1 radical (unpaired) electrons. The van der Waals surface area contributed by atoms with E-state index in [-0.39, 0.29) is 5.69 Å². The molecule has 0 saturated carbocycles. The minimum absolute atomic E-state index is 0.164. The molecule has 4 nitrogen and oxygen atoms in total. The van der Waals surface area contributed by atoms with Crippen molar-refractivity contribution in [1.29, 1.82) is 0 Å². The van der Waals surface area contributed by atoms with E-state index in [1.54, 1.807) is 6.92 Å². The number of hydrogen-bond acceptors (Lipinski definition) is 5. The van der Waals surface area contributed by atoms with Crippen LogP contribution in [0.25, 0.3) is 0 Å². The lowest BCUT2D eigenvalue weighted by atomic mass is 10.5. The Morgan fingerprint density at radius 2 is 2.64 bits per heavy atom. The average Bonchev–Trinajstić information content (AvgIpc) is 2.36. The molecule has 0 fully saturated rings. The molecule has 0 bridgehead atoms. The molecule has 0 aliphatic carbocycles. The van der Waals surface area contributed by atoms with Crippen molar-refractivity contribution in [2.75, 3.05) is 12.3 Å². The Labute approximate surface area is 68.0 Å². The average molecular weight is 171 g/mol. The Balaban J connectivity index is 2.76. The van der Waals surface area contributed by atoms with Gasteiger partial charge in [-0.15, -0.1) is 0 Å². The van der Waals surface area contributed by atoms with Crippen molar-refractivity contribution in [3.63, 3.8) is 0 Å². The molecule has 1 aromatic heterocycles. The topological polar surface area (TPSA) is 65.2 Å². The number of anilines is 1. The van der Waals surface area contributed by atoms with Crippen LogP contribution in [0, 0.1) is 5.51 Å². The molecule has 2 N–H and O–H groups in total. The van der Waals surface area contributed by atoms with Gasteiger partial charge in [-0.2, -0.15) is 0 Å². The molecule has 0 unspecified atom stereocenters. The molecule has 1 aromatic rings. The van der Waals surface area contributed by atoms with Crippen molar-refractivity contribution >= 4 is 22.3 Å². The first kappa shape index (κ1) is 8.00. The van der Waals surface area contributed by atoms with Gasteiger partial charge in [0.15, 0.2) is 11.2 Å². The first-order valence-electron chi connectivity index (χ1n) is 3.05. The van der Waals surface area contributed by atoms with E-state index in [4.69, 9.17) is 5.73 Å². The molecule has 11 heavy (non-hydrogen) atoms. The number of carbonyl (C=O) groups is 1. The third-order valence-corrected chi connectivity index (χ3v) is 1.61. The van der Waals surface area contributed by atoms with Gasteiger partial charge in [-0.1, -0.05) is 11.3 Å². The minimum Gasteiger partial charge on any atom is -0.461 e. The van der Waals surface area contributed by atoms with Crippen LogP contribution < -0.4 is 5.73 Å². The van der Waals surface area contributed by atoms with Gasteiger partial charge in [0.25, 0.3) is 0 Å². The summed E-state index contributed by atoms with van der Waals surface area (Å²) in [6, 6.07) is 0. The highest BCUT2D eigenvalue weighted by Gasteiger charge is 2.12. The number of nitrogens with zero attached hydrogens (tertiary/aromatic N) is 1. The number of aromatic nitrogens is 1. The Bertz CT molecular complexity index is 259. The van der Waals surface area contributed by atoms with E-state index in [2.05, 4.69) is 15.2 Å². The van der Waals surface area contributed by atoms with Crippen LogP contribution in [0.3, 0.4) is 0 Å². The Hall–Kier alpha value is -1.10. The maximum atomic E-state index is 10.9. The zero-order valence-electron chi connectivity index (χ0n) is 5.96. The number of hydrogen-bond donors (Lipinski definition) is 1. The molecule has 0 atom stereocenters. The smallest absolute Gasteiger partial charge is 0.360 e. The fourth-order valence-corrected chi connectivity index (χ4v) is 1.03. The Morgan fingerprint density at radius 3 is 3.09 bits per heavy atom. The van der Waals surface area contributed by atoms with Gasteiger partial charge in [-0.3, -0.25) is 0 Å². The fourth-order valence-electron chi connectivity index (χ4n) is 0.567. The first-order valence-corrected chi connectivity index (χ1v) is 3.86. The number of nitrogens with two attached hydrogens (primary N) is 1. The largest absolute Gasteiger partial charge is 0.461 e. The predicted octanol–water partition coefficient (Wildman–Crippen LogP) is 0.702. The van der Waals surface area contributed by atoms with E-state index in [1.807, 2.05) is 0 Å². The number of rotatable bonds is 2. The Kier molecular flexibility index (Phi) is 2.43. The van der Waals surface area contributed by atoms with Crippen LogP contribution in [0.2, 0.25) is 0 Å². The highest BCUT2D eigenvalue weighted by atomic mass is 32.1. The first-order chi connectivity index (χ1) is 5.25. The van der Waals surface area contributed by atoms with Gasteiger partial charge < -0.3 is 10.5 Å². The SMILES string of the molecule is CCOC(=O)c1n[c]sc1N. The molecule has 0 saturated heterocycles. The van der Waals surface area contributed by atoms with Crippen LogP contribution in [0.5, 0.6) is 0 Å². The number of nitrogen functional groups attached to an aromatic ring is 1. The summed E-state index contributed by atoms with van der Waals surface area (Å²) >= 11 is 1.10. The molecule has 1 rings (SSSR count). The molecule has 0 aliphatic heterocycles. The van der Waals surface area contributed by atoms with Crippen LogP contribution in [0.15, 0.2) is 0 Å². The normalized spacial score (nSPS) is 9.55. The standard InChI is InChI=1S/C6H7N2O2S/c1-2-10-6(9)4-5(7)11-3-8-4/h2,7H2,1H3. The lowest BCUT2D eigenvalue weighted by Crippen LogP contribution is -2.07. The van der Waals surface area contributed by atoms with Crippen LogP contribution in [0.4, 0.5) is 5.00 Å². The van der Waals surface area contributed by atoms with Gasteiger partial charge in [0.05, 0.1) is 6.61 Å². The van der Waals surface area contributed by atoms with E-state index in [1.165, 1.54) is 0 Å². The summed E-state index contributed by atoms with van der Waals surface area (Å²) < 4.78 is 4.67. The number of thiazole rings is 1. The zero-order valence-corrected chi connectivity index (χ0v) is 6.77. The van der Waals surface area contributed by atoms with Crippen molar-refractivity contribution in [3.05, 3.63) is 11.2 Å². The van der Waals surface area contributed by atoms with Gasteiger partial charge in [0.2, 0.25) is 0 Å². The molecule has 0 spiro atoms. The predicted molar refractivity (Wildman–Crippen MR) is 41.3 cm³/mol. The number of esters is 1.